The van der Waals surface area contributed by atoms with Crippen molar-refractivity contribution in [2.45, 2.75) is 31.9 Å². The SMILES string of the molecule is Cc1cccc(CN2CCC3(CC2)CN(c2cncnc2)C(=O)CO3)n1. The number of morpholine rings is 1. The van der Waals surface area contributed by atoms with Crippen LogP contribution in [0.1, 0.15) is 24.2 Å². The van der Waals surface area contributed by atoms with Gasteiger partial charge in [-0.25, -0.2) is 9.97 Å². The molecular weight excluding hydrogens is 330 g/mol. The number of carbonyl (C=O) groups is 1. The van der Waals surface area contributed by atoms with E-state index in [0.29, 0.717) is 6.54 Å². The van der Waals surface area contributed by atoms with Gasteiger partial charge in [-0.3, -0.25) is 14.7 Å². The molecule has 2 aromatic rings. The Morgan fingerprint density at radius 3 is 2.69 bits per heavy atom. The molecule has 2 aliphatic heterocycles. The minimum atomic E-state index is -0.277. The fraction of sp³-hybridized carbons (Fsp3) is 0.474. The second-order valence-corrected chi connectivity index (χ2v) is 7.09. The molecule has 4 rings (SSSR count). The Hall–Kier alpha value is -2.38. The number of aromatic nitrogens is 3. The van der Waals surface area contributed by atoms with Crippen molar-refractivity contribution in [3.05, 3.63) is 48.3 Å². The first-order valence-electron chi connectivity index (χ1n) is 8.98. The predicted octanol–water partition coefficient (Wildman–Crippen LogP) is 1.58. The Morgan fingerprint density at radius 2 is 1.96 bits per heavy atom. The highest BCUT2D eigenvalue weighted by atomic mass is 16.5. The van der Waals surface area contributed by atoms with E-state index in [9.17, 15) is 4.79 Å². The highest BCUT2D eigenvalue weighted by Gasteiger charge is 2.42. The monoisotopic (exact) mass is 353 g/mol. The molecule has 0 N–H and O–H groups in total. The normalized spacial score (nSPS) is 20.5. The van der Waals surface area contributed by atoms with Gasteiger partial charge in [0.15, 0.2) is 0 Å². The summed E-state index contributed by atoms with van der Waals surface area (Å²) >= 11 is 0. The van der Waals surface area contributed by atoms with Crippen molar-refractivity contribution < 1.29 is 9.53 Å². The van der Waals surface area contributed by atoms with Gasteiger partial charge in [-0.15, -0.1) is 0 Å². The van der Waals surface area contributed by atoms with Gasteiger partial charge in [0, 0.05) is 25.3 Å². The lowest BCUT2D eigenvalue weighted by molar-refractivity contribution is -0.145. The summed E-state index contributed by atoms with van der Waals surface area (Å²) in [4.78, 5) is 29.1. The molecule has 0 aliphatic carbocycles. The average molecular weight is 353 g/mol. The number of hydrogen-bond donors (Lipinski definition) is 0. The van der Waals surface area contributed by atoms with Crippen LogP contribution in [-0.4, -0.2) is 57.6 Å². The van der Waals surface area contributed by atoms with E-state index < -0.39 is 0 Å². The molecule has 4 heterocycles. The molecule has 7 nitrogen and oxygen atoms in total. The lowest BCUT2D eigenvalue weighted by atomic mass is 9.89. The number of nitrogens with zero attached hydrogens (tertiary/aromatic N) is 5. The lowest BCUT2D eigenvalue weighted by Gasteiger charge is -2.46. The van der Waals surface area contributed by atoms with E-state index in [-0.39, 0.29) is 18.1 Å². The topological polar surface area (TPSA) is 71.5 Å². The highest BCUT2D eigenvalue weighted by molar-refractivity contribution is 5.94. The minimum absolute atomic E-state index is 0.0307. The second-order valence-electron chi connectivity index (χ2n) is 7.09. The van der Waals surface area contributed by atoms with Crippen LogP contribution in [0.25, 0.3) is 0 Å². The predicted molar refractivity (Wildman–Crippen MR) is 96.6 cm³/mol. The molecule has 0 aromatic carbocycles. The van der Waals surface area contributed by atoms with Crippen LogP contribution in [0.2, 0.25) is 0 Å². The number of pyridine rings is 1. The van der Waals surface area contributed by atoms with E-state index >= 15 is 0 Å². The summed E-state index contributed by atoms with van der Waals surface area (Å²) in [6, 6.07) is 6.15. The van der Waals surface area contributed by atoms with E-state index in [4.69, 9.17) is 4.74 Å². The van der Waals surface area contributed by atoms with Gasteiger partial charge in [0.1, 0.15) is 12.9 Å². The fourth-order valence-corrected chi connectivity index (χ4v) is 3.72. The van der Waals surface area contributed by atoms with Crippen LogP contribution in [0.4, 0.5) is 5.69 Å². The molecule has 2 saturated heterocycles. The number of rotatable bonds is 3. The zero-order chi connectivity index (χ0) is 18.0. The zero-order valence-corrected chi connectivity index (χ0v) is 15.0. The number of likely N-dealkylation sites (tertiary alicyclic amines) is 1. The molecule has 0 bridgehead atoms. The summed E-state index contributed by atoms with van der Waals surface area (Å²) in [5, 5.41) is 0. The Kier molecular flexibility index (Phi) is 4.65. The summed E-state index contributed by atoms with van der Waals surface area (Å²) in [6.45, 7) is 5.42. The van der Waals surface area contributed by atoms with Gasteiger partial charge in [0.25, 0.3) is 5.91 Å². The summed E-state index contributed by atoms with van der Waals surface area (Å²) in [6.07, 6.45) is 6.64. The van der Waals surface area contributed by atoms with Gasteiger partial charge >= 0.3 is 0 Å². The Balaban J connectivity index is 1.40. The van der Waals surface area contributed by atoms with Crippen LogP contribution in [-0.2, 0) is 16.1 Å². The fourth-order valence-electron chi connectivity index (χ4n) is 3.72. The number of hydrogen-bond acceptors (Lipinski definition) is 6. The smallest absolute Gasteiger partial charge is 0.253 e. The first kappa shape index (κ1) is 17.1. The third-order valence-corrected chi connectivity index (χ3v) is 5.21. The quantitative estimate of drug-likeness (QED) is 0.834. The van der Waals surface area contributed by atoms with Crippen LogP contribution < -0.4 is 4.90 Å². The van der Waals surface area contributed by atoms with Crippen LogP contribution in [0.15, 0.2) is 36.9 Å². The van der Waals surface area contributed by atoms with Gasteiger partial charge in [-0.1, -0.05) is 6.07 Å². The zero-order valence-electron chi connectivity index (χ0n) is 15.0. The molecule has 2 aliphatic rings. The van der Waals surface area contributed by atoms with E-state index in [1.807, 2.05) is 13.0 Å². The molecule has 1 spiro atoms. The van der Waals surface area contributed by atoms with E-state index in [1.165, 1.54) is 6.33 Å². The van der Waals surface area contributed by atoms with Crippen molar-refractivity contribution in [3.8, 4) is 0 Å². The Labute approximate surface area is 153 Å². The molecule has 0 saturated carbocycles. The molecule has 136 valence electrons. The number of ether oxygens (including phenoxy) is 1. The first-order valence-corrected chi connectivity index (χ1v) is 8.98. The van der Waals surface area contributed by atoms with Crippen molar-refractivity contribution >= 4 is 11.6 Å². The van der Waals surface area contributed by atoms with Crippen molar-refractivity contribution in [1.29, 1.82) is 0 Å². The summed E-state index contributed by atoms with van der Waals surface area (Å²) in [7, 11) is 0. The van der Waals surface area contributed by atoms with E-state index in [1.54, 1.807) is 17.3 Å². The number of amides is 1. The molecule has 26 heavy (non-hydrogen) atoms. The van der Waals surface area contributed by atoms with Crippen molar-refractivity contribution in [3.63, 3.8) is 0 Å². The Morgan fingerprint density at radius 1 is 1.19 bits per heavy atom. The molecular formula is C19H23N5O2. The maximum atomic E-state index is 12.3. The third kappa shape index (κ3) is 3.59. The second kappa shape index (κ2) is 7.09. The molecule has 0 atom stereocenters. The van der Waals surface area contributed by atoms with Gasteiger partial charge in [0.2, 0.25) is 0 Å². The third-order valence-electron chi connectivity index (χ3n) is 5.21. The number of aryl methyl sites for hydroxylation is 1. The standard InChI is InChI=1S/C19H23N5O2/c1-15-3-2-4-16(22-15)11-23-7-5-19(6-8-23)13-24(18(25)12-26-19)17-9-20-14-21-10-17/h2-4,9-10,14H,5-8,11-13H2,1H3. The summed E-state index contributed by atoms with van der Waals surface area (Å²) < 4.78 is 6.01. The largest absolute Gasteiger partial charge is 0.363 e. The van der Waals surface area contributed by atoms with E-state index in [0.717, 1.165) is 49.6 Å². The lowest BCUT2D eigenvalue weighted by Crippen LogP contribution is -2.59. The maximum Gasteiger partial charge on any atom is 0.253 e. The molecule has 7 heteroatoms. The van der Waals surface area contributed by atoms with Crippen LogP contribution in [0, 0.1) is 6.92 Å². The Bertz CT molecular complexity index is 775. The summed E-state index contributed by atoms with van der Waals surface area (Å²) in [5.41, 5.74) is 2.61. The number of anilines is 1. The average Bonchev–Trinajstić information content (AvgIpc) is 2.67. The highest BCUT2D eigenvalue weighted by Crippen LogP contribution is 2.32. The molecule has 2 aromatic heterocycles. The van der Waals surface area contributed by atoms with Crippen LogP contribution in [0.3, 0.4) is 0 Å². The van der Waals surface area contributed by atoms with Crippen molar-refractivity contribution in [2.24, 2.45) is 0 Å². The van der Waals surface area contributed by atoms with Crippen LogP contribution in [0.5, 0.6) is 0 Å². The molecule has 2 fully saturated rings. The minimum Gasteiger partial charge on any atom is -0.363 e. The number of piperidine rings is 1. The molecule has 0 unspecified atom stereocenters. The summed E-state index contributed by atoms with van der Waals surface area (Å²) in [5.74, 6) is -0.0307. The molecule has 1 amide bonds. The van der Waals surface area contributed by atoms with Gasteiger partial charge in [-0.2, -0.15) is 0 Å². The van der Waals surface area contributed by atoms with E-state index in [2.05, 4.69) is 32.0 Å². The molecule has 0 radical (unpaired) electrons. The first-order chi connectivity index (χ1) is 12.6. The van der Waals surface area contributed by atoms with Gasteiger partial charge in [-0.05, 0) is 31.9 Å². The number of carbonyl (C=O) groups excluding carboxylic acids is 1. The van der Waals surface area contributed by atoms with Gasteiger partial charge < -0.3 is 9.64 Å². The van der Waals surface area contributed by atoms with Crippen molar-refractivity contribution in [1.82, 2.24) is 19.9 Å². The van der Waals surface area contributed by atoms with Crippen LogP contribution >= 0.6 is 0 Å². The van der Waals surface area contributed by atoms with Crippen molar-refractivity contribution in [2.75, 3.05) is 31.1 Å². The maximum absolute atomic E-state index is 12.3. The van der Waals surface area contributed by atoms with Gasteiger partial charge in [0.05, 0.1) is 35.9 Å².